The van der Waals surface area contributed by atoms with Crippen LogP contribution in [0.4, 0.5) is 0 Å². The number of nitrogens with one attached hydrogen (secondary N) is 1. The molecule has 4 heteroatoms. The van der Waals surface area contributed by atoms with Gasteiger partial charge in [0.2, 0.25) is 5.91 Å². The van der Waals surface area contributed by atoms with Gasteiger partial charge in [-0.2, -0.15) is 11.3 Å². The smallest absolute Gasteiger partial charge is 0.225 e. The van der Waals surface area contributed by atoms with Gasteiger partial charge in [-0.3, -0.25) is 4.79 Å². The van der Waals surface area contributed by atoms with E-state index in [1.807, 2.05) is 0 Å². The molecule has 0 radical (unpaired) electrons. The normalized spacial score (nSPS) is 27.5. The van der Waals surface area contributed by atoms with Crippen LogP contribution < -0.4 is 5.32 Å². The Balaban J connectivity index is 1.48. The fourth-order valence-corrected chi connectivity index (χ4v) is 3.55. The van der Waals surface area contributed by atoms with Crippen LogP contribution in [0.1, 0.15) is 31.7 Å². The highest BCUT2D eigenvalue weighted by Crippen LogP contribution is 2.32. The summed E-state index contributed by atoms with van der Waals surface area (Å²) in [5, 5.41) is 7.97. The topological polar surface area (TPSA) is 32.3 Å². The summed E-state index contributed by atoms with van der Waals surface area (Å²) in [7, 11) is 0. The van der Waals surface area contributed by atoms with Crippen molar-refractivity contribution in [3.05, 3.63) is 22.4 Å². The Hall–Kier alpha value is -0.870. The maximum Gasteiger partial charge on any atom is 0.225 e. The van der Waals surface area contributed by atoms with Crippen LogP contribution in [-0.2, 0) is 11.3 Å². The minimum absolute atomic E-state index is 0.363. The Morgan fingerprint density at radius 1 is 1.47 bits per heavy atom. The third kappa shape index (κ3) is 3.18. The first-order valence-electron chi connectivity index (χ1n) is 7.27. The molecule has 19 heavy (non-hydrogen) atoms. The minimum Gasteiger partial charge on any atom is -0.342 e. The number of amides is 1. The van der Waals surface area contributed by atoms with Crippen LogP contribution in [0, 0.1) is 11.8 Å². The predicted octanol–water partition coefficient (Wildman–Crippen LogP) is 2.48. The third-order valence-corrected chi connectivity index (χ3v) is 5.02. The summed E-state index contributed by atoms with van der Waals surface area (Å²) in [5.74, 6) is 1.32. The van der Waals surface area contributed by atoms with Gasteiger partial charge in [0, 0.05) is 31.6 Å². The fourth-order valence-electron chi connectivity index (χ4n) is 2.88. The first-order valence-corrected chi connectivity index (χ1v) is 8.21. The number of carbonyl (C=O) groups excluding carboxylic acids is 1. The van der Waals surface area contributed by atoms with E-state index in [-0.39, 0.29) is 0 Å². The Kier molecular flexibility index (Phi) is 3.89. The van der Waals surface area contributed by atoms with Gasteiger partial charge in [0.25, 0.3) is 0 Å². The lowest BCUT2D eigenvalue weighted by Crippen LogP contribution is -2.50. The standard InChI is InChI=1S/C15H22N2OS/c1-11-9-17(15(18)13-2-3-13)6-4-14(11)16-8-12-5-7-19-10-12/h5,7,10-11,13-14,16H,2-4,6,8-9H2,1H3/t11-,14-/m0/s1. The molecule has 2 aliphatic rings. The van der Waals surface area contributed by atoms with Crippen LogP contribution in [0.2, 0.25) is 0 Å². The summed E-state index contributed by atoms with van der Waals surface area (Å²) in [4.78, 5) is 14.2. The van der Waals surface area contributed by atoms with E-state index in [4.69, 9.17) is 0 Å². The Morgan fingerprint density at radius 3 is 2.95 bits per heavy atom. The molecule has 1 aliphatic carbocycles. The number of likely N-dealkylation sites (tertiary alicyclic amines) is 1. The molecule has 1 amide bonds. The maximum atomic E-state index is 12.1. The number of nitrogens with zero attached hydrogens (tertiary/aromatic N) is 1. The molecular weight excluding hydrogens is 256 g/mol. The second-order valence-corrected chi connectivity index (χ2v) is 6.72. The zero-order valence-electron chi connectivity index (χ0n) is 11.5. The number of rotatable bonds is 4. The number of hydrogen-bond donors (Lipinski definition) is 1. The van der Waals surface area contributed by atoms with E-state index in [0.717, 1.165) is 38.9 Å². The van der Waals surface area contributed by atoms with Crippen LogP contribution in [0.25, 0.3) is 0 Å². The molecule has 0 unspecified atom stereocenters. The van der Waals surface area contributed by atoms with E-state index >= 15 is 0 Å². The average Bonchev–Trinajstić information content (AvgIpc) is 3.13. The van der Waals surface area contributed by atoms with Gasteiger partial charge in [-0.05, 0) is 47.6 Å². The van der Waals surface area contributed by atoms with Crippen molar-refractivity contribution in [2.45, 2.75) is 38.8 Å². The first kappa shape index (κ1) is 13.1. The molecule has 2 atom stereocenters. The molecule has 0 aromatic carbocycles. The van der Waals surface area contributed by atoms with E-state index < -0.39 is 0 Å². The van der Waals surface area contributed by atoms with Gasteiger partial charge in [0.05, 0.1) is 0 Å². The molecule has 0 bridgehead atoms. The van der Waals surface area contributed by atoms with Crippen molar-refractivity contribution in [1.82, 2.24) is 10.2 Å². The van der Waals surface area contributed by atoms with Crippen molar-refractivity contribution >= 4 is 17.2 Å². The quantitative estimate of drug-likeness (QED) is 0.917. The molecule has 1 saturated heterocycles. The lowest BCUT2D eigenvalue weighted by Gasteiger charge is -2.37. The van der Waals surface area contributed by atoms with Gasteiger partial charge < -0.3 is 10.2 Å². The van der Waals surface area contributed by atoms with Crippen LogP contribution in [-0.4, -0.2) is 29.9 Å². The van der Waals surface area contributed by atoms with E-state index in [2.05, 4.69) is 34.0 Å². The molecule has 3 nitrogen and oxygen atoms in total. The second-order valence-electron chi connectivity index (χ2n) is 5.94. The van der Waals surface area contributed by atoms with E-state index in [1.165, 1.54) is 5.56 Å². The highest BCUT2D eigenvalue weighted by Gasteiger charge is 2.36. The van der Waals surface area contributed by atoms with Crippen LogP contribution in [0.15, 0.2) is 16.8 Å². The second kappa shape index (κ2) is 5.63. The van der Waals surface area contributed by atoms with Crippen molar-refractivity contribution in [3.8, 4) is 0 Å². The lowest BCUT2D eigenvalue weighted by atomic mass is 9.93. The molecule has 1 aliphatic heterocycles. The number of piperidine rings is 1. The van der Waals surface area contributed by atoms with Crippen LogP contribution in [0.3, 0.4) is 0 Å². The van der Waals surface area contributed by atoms with E-state index in [0.29, 0.717) is 23.8 Å². The number of carbonyl (C=O) groups is 1. The van der Waals surface area contributed by atoms with Crippen molar-refractivity contribution < 1.29 is 4.79 Å². The van der Waals surface area contributed by atoms with Gasteiger partial charge in [0.1, 0.15) is 0 Å². The number of hydrogen-bond acceptors (Lipinski definition) is 3. The van der Waals surface area contributed by atoms with Crippen molar-refractivity contribution in [1.29, 1.82) is 0 Å². The third-order valence-electron chi connectivity index (χ3n) is 4.29. The largest absolute Gasteiger partial charge is 0.342 e. The van der Waals surface area contributed by atoms with Gasteiger partial charge in [0.15, 0.2) is 0 Å². The molecule has 3 rings (SSSR count). The summed E-state index contributed by atoms with van der Waals surface area (Å²) < 4.78 is 0. The zero-order valence-corrected chi connectivity index (χ0v) is 12.3. The Bertz CT molecular complexity index is 427. The molecule has 1 aromatic rings. The molecule has 1 aromatic heterocycles. The summed E-state index contributed by atoms with van der Waals surface area (Å²) in [6, 6.07) is 2.72. The fraction of sp³-hybridized carbons (Fsp3) is 0.667. The van der Waals surface area contributed by atoms with Crippen LogP contribution in [0.5, 0.6) is 0 Å². The van der Waals surface area contributed by atoms with Crippen molar-refractivity contribution in [3.63, 3.8) is 0 Å². The molecule has 1 N–H and O–H groups in total. The molecule has 2 heterocycles. The van der Waals surface area contributed by atoms with E-state index in [9.17, 15) is 4.79 Å². The summed E-state index contributed by atoms with van der Waals surface area (Å²) in [6.07, 6.45) is 3.32. The average molecular weight is 278 g/mol. The lowest BCUT2D eigenvalue weighted by molar-refractivity contribution is -0.134. The zero-order chi connectivity index (χ0) is 13.2. The minimum atomic E-state index is 0.363. The Labute approximate surface area is 119 Å². The van der Waals surface area contributed by atoms with Gasteiger partial charge in [-0.1, -0.05) is 6.92 Å². The molecule has 1 saturated carbocycles. The number of thiophene rings is 1. The molecule has 104 valence electrons. The maximum absolute atomic E-state index is 12.1. The van der Waals surface area contributed by atoms with Crippen molar-refractivity contribution in [2.24, 2.45) is 11.8 Å². The SMILES string of the molecule is C[C@H]1CN(C(=O)C2CC2)CC[C@@H]1NCc1ccsc1. The van der Waals surface area contributed by atoms with Crippen molar-refractivity contribution in [2.75, 3.05) is 13.1 Å². The summed E-state index contributed by atoms with van der Waals surface area (Å²) in [5.41, 5.74) is 1.37. The van der Waals surface area contributed by atoms with Gasteiger partial charge >= 0.3 is 0 Å². The van der Waals surface area contributed by atoms with E-state index in [1.54, 1.807) is 11.3 Å². The first-order chi connectivity index (χ1) is 9.24. The van der Waals surface area contributed by atoms with Gasteiger partial charge in [-0.25, -0.2) is 0 Å². The summed E-state index contributed by atoms with van der Waals surface area (Å²) >= 11 is 1.75. The molecule has 0 spiro atoms. The predicted molar refractivity (Wildman–Crippen MR) is 78.0 cm³/mol. The molecule has 2 fully saturated rings. The monoisotopic (exact) mass is 278 g/mol. The van der Waals surface area contributed by atoms with Crippen LogP contribution >= 0.6 is 11.3 Å². The molecular formula is C15H22N2OS. The van der Waals surface area contributed by atoms with Gasteiger partial charge in [-0.15, -0.1) is 0 Å². The highest BCUT2D eigenvalue weighted by atomic mass is 32.1. The summed E-state index contributed by atoms with van der Waals surface area (Å²) in [6.45, 7) is 5.07. The highest BCUT2D eigenvalue weighted by molar-refractivity contribution is 7.07. The Morgan fingerprint density at radius 2 is 2.32 bits per heavy atom.